The predicted molar refractivity (Wildman–Crippen MR) is 79.8 cm³/mol. The molecule has 0 atom stereocenters. The maximum Gasteiger partial charge on any atom is 0.126 e. The zero-order valence-electron chi connectivity index (χ0n) is 10.7. The lowest BCUT2D eigenvalue weighted by Gasteiger charge is -2.10. The highest BCUT2D eigenvalue weighted by Gasteiger charge is 2.01. The van der Waals surface area contributed by atoms with Crippen molar-refractivity contribution in [3.63, 3.8) is 0 Å². The van der Waals surface area contributed by atoms with Crippen molar-refractivity contribution in [1.29, 1.82) is 0 Å². The molecule has 0 aliphatic carbocycles. The van der Waals surface area contributed by atoms with E-state index in [0.29, 0.717) is 0 Å². The van der Waals surface area contributed by atoms with Crippen LogP contribution in [-0.4, -0.2) is 4.98 Å². The minimum atomic E-state index is 0.818. The maximum atomic E-state index is 4.49. The Morgan fingerprint density at radius 3 is 2.50 bits per heavy atom. The molecule has 0 saturated carbocycles. The van der Waals surface area contributed by atoms with Gasteiger partial charge < -0.3 is 5.32 Å². The Labute approximate surface area is 117 Å². The maximum absolute atomic E-state index is 4.49. The molecular formula is C15H17BrN2. The van der Waals surface area contributed by atoms with Gasteiger partial charge in [-0.2, -0.15) is 0 Å². The SMILES string of the molecule is CCc1ccccc1CNc1ccc(Br)c(C)n1. The fourth-order valence-corrected chi connectivity index (χ4v) is 2.12. The number of nitrogens with zero attached hydrogens (tertiary/aromatic N) is 1. The summed E-state index contributed by atoms with van der Waals surface area (Å²) in [6, 6.07) is 12.5. The summed E-state index contributed by atoms with van der Waals surface area (Å²) < 4.78 is 1.04. The summed E-state index contributed by atoms with van der Waals surface area (Å²) in [7, 11) is 0. The lowest BCUT2D eigenvalue weighted by atomic mass is 10.1. The van der Waals surface area contributed by atoms with Crippen LogP contribution < -0.4 is 5.32 Å². The summed E-state index contributed by atoms with van der Waals surface area (Å²) in [5.74, 6) is 0.918. The van der Waals surface area contributed by atoms with Gasteiger partial charge in [0.15, 0.2) is 0 Å². The third-order valence-electron chi connectivity index (χ3n) is 2.98. The molecular weight excluding hydrogens is 288 g/mol. The van der Waals surface area contributed by atoms with Crippen LogP contribution in [0, 0.1) is 6.92 Å². The highest BCUT2D eigenvalue weighted by molar-refractivity contribution is 9.10. The fraction of sp³-hybridized carbons (Fsp3) is 0.267. The smallest absolute Gasteiger partial charge is 0.126 e. The van der Waals surface area contributed by atoms with Gasteiger partial charge in [-0.15, -0.1) is 0 Å². The van der Waals surface area contributed by atoms with Crippen molar-refractivity contribution in [2.45, 2.75) is 26.8 Å². The van der Waals surface area contributed by atoms with E-state index in [1.54, 1.807) is 0 Å². The molecule has 1 aromatic carbocycles. The second-order valence-electron chi connectivity index (χ2n) is 4.24. The van der Waals surface area contributed by atoms with Gasteiger partial charge in [-0.25, -0.2) is 4.98 Å². The molecule has 0 aliphatic rings. The molecule has 2 aromatic rings. The average Bonchev–Trinajstić information content (AvgIpc) is 2.40. The molecule has 3 heteroatoms. The van der Waals surface area contributed by atoms with Gasteiger partial charge in [0.05, 0.1) is 5.69 Å². The van der Waals surface area contributed by atoms with Crippen molar-refractivity contribution in [3.8, 4) is 0 Å². The number of benzene rings is 1. The number of pyridine rings is 1. The van der Waals surface area contributed by atoms with Crippen molar-refractivity contribution < 1.29 is 0 Å². The number of rotatable bonds is 4. The second-order valence-corrected chi connectivity index (χ2v) is 5.09. The lowest BCUT2D eigenvalue weighted by Crippen LogP contribution is -2.04. The van der Waals surface area contributed by atoms with E-state index in [2.05, 4.69) is 57.4 Å². The first-order valence-electron chi connectivity index (χ1n) is 6.14. The van der Waals surface area contributed by atoms with Gasteiger partial charge >= 0.3 is 0 Å². The summed E-state index contributed by atoms with van der Waals surface area (Å²) in [5.41, 5.74) is 3.73. The van der Waals surface area contributed by atoms with Crippen LogP contribution in [-0.2, 0) is 13.0 Å². The van der Waals surface area contributed by atoms with E-state index in [9.17, 15) is 0 Å². The molecule has 0 fully saturated rings. The van der Waals surface area contributed by atoms with Gasteiger partial charge in [0.1, 0.15) is 5.82 Å². The Morgan fingerprint density at radius 2 is 1.83 bits per heavy atom. The fourth-order valence-electron chi connectivity index (χ4n) is 1.90. The monoisotopic (exact) mass is 304 g/mol. The number of hydrogen-bond acceptors (Lipinski definition) is 2. The molecule has 0 amide bonds. The van der Waals surface area contributed by atoms with Crippen LogP contribution in [0.2, 0.25) is 0 Å². The van der Waals surface area contributed by atoms with E-state index in [0.717, 1.165) is 29.0 Å². The molecule has 1 N–H and O–H groups in total. The van der Waals surface area contributed by atoms with E-state index in [1.165, 1.54) is 11.1 Å². The zero-order valence-corrected chi connectivity index (χ0v) is 12.3. The van der Waals surface area contributed by atoms with Gasteiger partial charge in [0.2, 0.25) is 0 Å². The van der Waals surface area contributed by atoms with E-state index >= 15 is 0 Å². The third kappa shape index (κ3) is 3.10. The molecule has 0 saturated heterocycles. The van der Waals surface area contributed by atoms with Crippen LogP contribution >= 0.6 is 15.9 Å². The van der Waals surface area contributed by atoms with Crippen molar-refractivity contribution in [2.75, 3.05) is 5.32 Å². The number of halogens is 1. The van der Waals surface area contributed by atoms with Crippen LogP contribution in [0.3, 0.4) is 0 Å². The van der Waals surface area contributed by atoms with E-state index in [-0.39, 0.29) is 0 Å². The summed E-state index contributed by atoms with van der Waals surface area (Å²) >= 11 is 3.46. The Bertz CT molecular complexity index is 538. The molecule has 0 bridgehead atoms. The summed E-state index contributed by atoms with van der Waals surface area (Å²) in [6.07, 6.45) is 1.06. The molecule has 2 nitrogen and oxygen atoms in total. The minimum absolute atomic E-state index is 0.818. The molecule has 94 valence electrons. The highest BCUT2D eigenvalue weighted by atomic mass is 79.9. The Morgan fingerprint density at radius 1 is 1.11 bits per heavy atom. The van der Waals surface area contributed by atoms with E-state index < -0.39 is 0 Å². The lowest BCUT2D eigenvalue weighted by molar-refractivity contribution is 1.03. The van der Waals surface area contributed by atoms with Crippen molar-refractivity contribution in [2.24, 2.45) is 0 Å². The molecule has 0 unspecified atom stereocenters. The molecule has 2 rings (SSSR count). The van der Waals surface area contributed by atoms with E-state index in [1.807, 2.05) is 19.1 Å². The molecule has 0 aliphatic heterocycles. The Hall–Kier alpha value is -1.35. The molecule has 0 radical (unpaired) electrons. The Balaban J connectivity index is 2.09. The first kappa shape index (κ1) is 13.1. The number of aromatic nitrogens is 1. The van der Waals surface area contributed by atoms with E-state index in [4.69, 9.17) is 0 Å². The second kappa shape index (κ2) is 6.01. The van der Waals surface area contributed by atoms with Crippen LogP contribution in [0.4, 0.5) is 5.82 Å². The quantitative estimate of drug-likeness (QED) is 0.909. The zero-order chi connectivity index (χ0) is 13.0. The van der Waals surface area contributed by atoms with Gasteiger partial charge in [0.25, 0.3) is 0 Å². The summed E-state index contributed by atoms with van der Waals surface area (Å²) in [6.45, 7) is 4.99. The van der Waals surface area contributed by atoms with Crippen LogP contribution in [0.1, 0.15) is 23.7 Å². The largest absolute Gasteiger partial charge is 0.366 e. The molecule has 18 heavy (non-hydrogen) atoms. The van der Waals surface area contributed by atoms with Crippen molar-refractivity contribution >= 4 is 21.7 Å². The standard InChI is InChI=1S/C15H17BrN2/c1-3-12-6-4-5-7-13(12)10-17-15-9-8-14(16)11(2)18-15/h4-9H,3,10H2,1-2H3,(H,17,18). The number of aryl methyl sites for hydroxylation is 2. The number of hydrogen-bond donors (Lipinski definition) is 1. The van der Waals surface area contributed by atoms with Crippen molar-refractivity contribution in [1.82, 2.24) is 4.98 Å². The first-order valence-corrected chi connectivity index (χ1v) is 6.93. The van der Waals surface area contributed by atoms with Gasteiger partial charge in [0, 0.05) is 11.0 Å². The first-order chi connectivity index (χ1) is 8.70. The summed E-state index contributed by atoms with van der Waals surface area (Å²) in [4.78, 5) is 4.49. The van der Waals surface area contributed by atoms with Crippen LogP contribution in [0.5, 0.6) is 0 Å². The number of anilines is 1. The van der Waals surface area contributed by atoms with Gasteiger partial charge in [-0.05, 0) is 52.5 Å². The van der Waals surface area contributed by atoms with Gasteiger partial charge in [-0.3, -0.25) is 0 Å². The predicted octanol–water partition coefficient (Wildman–Crippen LogP) is 4.33. The molecule has 0 spiro atoms. The van der Waals surface area contributed by atoms with Crippen LogP contribution in [0.15, 0.2) is 40.9 Å². The minimum Gasteiger partial charge on any atom is -0.366 e. The molecule has 1 heterocycles. The third-order valence-corrected chi connectivity index (χ3v) is 3.82. The molecule has 1 aromatic heterocycles. The van der Waals surface area contributed by atoms with Crippen LogP contribution in [0.25, 0.3) is 0 Å². The number of nitrogens with one attached hydrogen (secondary N) is 1. The normalized spacial score (nSPS) is 10.4. The highest BCUT2D eigenvalue weighted by Crippen LogP contribution is 2.17. The van der Waals surface area contributed by atoms with Gasteiger partial charge in [-0.1, -0.05) is 31.2 Å². The van der Waals surface area contributed by atoms with Crippen molar-refractivity contribution in [3.05, 3.63) is 57.7 Å². The Kier molecular flexibility index (Phi) is 4.37. The summed E-state index contributed by atoms with van der Waals surface area (Å²) in [5, 5.41) is 3.37. The topological polar surface area (TPSA) is 24.9 Å². The average molecular weight is 305 g/mol.